The molecule has 1 aromatic heterocycles. The zero-order chi connectivity index (χ0) is 13.7. The Balaban J connectivity index is 1.73. The number of rotatable bonds is 2. The van der Waals surface area contributed by atoms with Crippen LogP contribution in [0.5, 0.6) is 0 Å². The maximum absolute atomic E-state index is 11.5. The third kappa shape index (κ3) is 1.81. The predicted molar refractivity (Wildman–Crippen MR) is 76.5 cm³/mol. The maximum Gasteiger partial charge on any atom is 0.250 e. The number of hydrogen-bond donors (Lipinski definition) is 3. The van der Waals surface area contributed by atoms with Crippen LogP contribution in [0.15, 0.2) is 18.2 Å². The number of imidazole rings is 1. The molecular formula is C15H18N4O. The lowest BCUT2D eigenvalue weighted by molar-refractivity contribution is 0.100. The van der Waals surface area contributed by atoms with E-state index in [-0.39, 0.29) is 0 Å². The molecule has 0 bridgehead atoms. The SMILES string of the molecule is NC(=O)c1cccc2[nH]c(C3CNCC4(CC4)C3)nc12. The fraction of sp³-hybridized carbons (Fsp3) is 0.467. The molecule has 4 N–H and O–H groups in total. The van der Waals surface area contributed by atoms with Crippen LogP contribution in [0.25, 0.3) is 11.0 Å². The summed E-state index contributed by atoms with van der Waals surface area (Å²) >= 11 is 0. The molecule has 4 rings (SSSR count). The van der Waals surface area contributed by atoms with E-state index in [1.807, 2.05) is 12.1 Å². The molecule has 2 heterocycles. The summed E-state index contributed by atoms with van der Waals surface area (Å²) in [5, 5.41) is 3.52. The van der Waals surface area contributed by atoms with E-state index in [1.165, 1.54) is 19.3 Å². The number of H-pyrrole nitrogens is 1. The van der Waals surface area contributed by atoms with Crippen molar-refractivity contribution in [3.05, 3.63) is 29.6 Å². The average molecular weight is 270 g/mol. The summed E-state index contributed by atoms with van der Waals surface area (Å²) in [7, 11) is 0. The van der Waals surface area contributed by atoms with Crippen molar-refractivity contribution in [3.8, 4) is 0 Å². The Bertz CT molecular complexity index is 686. The summed E-state index contributed by atoms with van der Waals surface area (Å²) in [6, 6.07) is 5.52. The van der Waals surface area contributed by atoms with Crippen LogP contribution >= 0.6 is 0 Å². The minimum Gasteiger partial charge on any atom is -0.366 e. The zero-order valence-corrected chi connectivity index (χ0v) is 11.3. The second-order valence-corrected chi connectivity index (χ2v) is 6.22. The lowest BCUT2D eigenvalue weighted by atomic mass is 9.87. The first-order valence-electron chi connectivity index (χ1n) is 7.16. The van der Waals surface area contributed by atoms with E-state index < -0.39 is 5.91 Å². The van der Waals surface area contributed by atoms with Gasteiger partial charge in [0.2, 0.25) is 0 Å². The number of benzene rings is 1. The van der Waals surface area contributed by atoms with Crippen molar-refractivity contribution in [1.29, 1.82) is 0 Å². The quantitative estimate of drug-likeness (QED) is 0.773. The number of hydrogen-bond acceptors (Lipinski definition) is 3. The Morgan fingerprint density at radius 1 is 1.40 bits per heavy atom. The van der Waals surface area contributed by atoms with E-state index in [2.05, 4.69) is 15.3 Å². The minimum absolute atomic E-state index is 0.402. The number of aromatic amines is 1. The lowest BCUT2D eigenvalue weighted by Crippen LogP contribution is -2.36. The minimum atomic E-state index is -0.422. The van der Waals surface area contributed by atoms with Gasteiger partial charge in [-0.3, -0.25) is 4.79 Å². The predicted octanol–water partition coefficient (Wildman–Crippen LogP) is 1.52. The summed E-state index contributed by atoms with van der Waals surface area (Å²) in [4.78, 5) is 19.5. The smallest absolute Gasteiger partial charge is 0.250 e. The number of nitrogens with two attached hydrogens (primary N) is 1. The largest absolute Gasteiger partial charge is 0.366 e. The van der Waals surface area contributed by atoms with Gasteiger partial charge in [0.15, 0.2) is 0 Å². The molecule has 2 aliphatic rings. The van der Waals surface area contributed by atoms with Gasteiger partial charge in [-0.05, 0) is 36.8 Å². The summed E-state index contributed by atoms with van der Waals surface area (Å²) in [5.74, 6) is 0.959. The van der Waals surface area contributed by atoms with Crippen LogP contribution in [-0.4, -0.2) is 29.0 Å². The second-order valence-electron chi connectivity index (χ2n) is 6.22. The molecule has 1 atom stereocenters. The molecule has 2 fully saturated rings. The topological polar surface area (TPSA) is 83.8 Å². The van der Waals surface area contributed by atoms with Crippen LogP contribution in [-0.2, 0) is 0 Å². The number of para-hydroxylation sites is 1. The number of carbonyl (C=O) groups is 1. The Morgan fingerprint density at radius 3 is 3.00 bits per heavy atom. The maximum atomic E-state index is 11.5. The van der Waals surface area contributed by atoms with Gasteiger partial charge in [0.05, 0.1) is 11.1 Å². The van der Waals surface area contributed by atoms with Gasteiger partial charge in [0.1, 0.15) is 11.3 Å². The Labute approximate surface area is 117 Å². The monoisotopic (exact) mass is 270 g/mol. The van der Waals surface area contributed by atoms with E-state index in [0.29, 0.717) is 22.4 Å². The van der Waals surface area contributed by atoms with Crippen molar-refractivity contribution < 1.29 is 4.79 Å². The molecular weight excluding hydrogens is 252 g/mol. The van der Waals surface area contributed by atoms with Gasteiger partial charge in [0, 0.05) is 19.0 Å². The van der Waals surface area contributed by atoms with E-state index in [4.69, 9.17) is 5.73 Å². The molecule has 104 valence electrons. The van der Waals surface area contributed by atoms with Crippen LogP contribution in [0.4, 0.5) is 0 Å². The van der Waals surface area contributed by atoms with Gasteiger partial charge in [-0.1, -0.05) is 6.07 Å². The fourth-order valence-electron chi connectivity index (χ4n) is 3.37. The zero-order valence-electron chi connectivity index (χ0n) is 11.3. The molecule has 1 saturated heterocycles. The highest BCUT2D eigenvalue weighted by Gasteiger charge is 2.46. The van der Waals surface area contributed by atoms with Gasteiger partial charge in [-0.25, -0.2) is 4.98 Å². The third-order valence-corrected chi connectivity index (χ3v) is 4.71. The molecule has 1 aromatic carbocycles. The fourth-order valence-corrected chi connectivity index (χ4v) is 3.37. The molecule has 0 radical (unpaired) electrons. The number of primary amides is 1. The molecule has 5 heteroatoms. The summed E-state index contributed by atoms with van der Waals surface area (Å²) in [6.45, 7) is 2.09. The van der Waals surface area contributed by atoms with Crippen LogP contribution < -0.4 is 11.1 Å². The van der Waals surface area contributed by atoms with Gasteiger partial charge in [-0.2, -0.15) is 0 Å². The molecule has 1 spiro atoms. The average Bonchev–Trinajstić information content (AvgIpc) is 3.04. The van der Waals surface area contributed by atoms with E-state index in [9.17, 15) is 4.79 Å². The van der Waals surface area contributed by atoms with Gasteiger partial charge < -0.3 is 16.0 Å². The number of nitrogens with one attached hydrogen (secondary N) is 2. The van der Waals surface area contributed by atoms with Crippen molar-refractivity contribution in [1.82, 2.24) is 15.3 Å². The number of aromatic nitrogens is 2. The van der Waals surface area contributed by atoms with Crippen molar-refractivity contribution in [3.63, 3.8) is 0 Å². The Kier molecular flexibility index (Phi) is 2.41. The van der Waals surface area contributed by atoms with E-state index in [1.54, 1.807) is 6.07 Å². The van der Waals surface area contributed by atoms with E-state index in [0.717, 1.165) is 24.4 Å². The molecule has 1 aliphatic heterocycles. The van der Waals surface area contributed by atoms with E-state index >= 15 is 0 Å². The molecule has 1 saturated carbocycles. The van der Waals surface area contributed by atoms with Gasteiger partial charge in [0.25, 0.3) is 5.91 Å². The Hall–Kier alpha value is -1.88. The van der Waals surface area contributed by atoms with Crippen LogP contribution in [0.2, 0.25) is 0 Å². The highest BCUT2D eigenvalue weighted by molar-refractivity contribution is 6.04. The first-order chi connectivity index (χ1) is 9.67. The summed E-state index contributed by atoms with van der Waals surface area (Å²) in [6.07, 6.45) is 3.83. The van der Waals surface area contributed by atoms with Crippen LogP contribution in [0.3, 0.4) is 0 Å². The Morgan fingerprint density at radius 2 is 2.25 bits per heavy atom. The van der Waals surface area contributed by atoms with Gasteiger partial charge >= 0.3 is 0 Å². The molecule has 1 amide bonds. The number of carbonyl (C=O) groups excluding carboxylic acids is 1. The molecule has 2 aromatic rings. The number of piperidine rings is 1. The first-order valence-corrected chi connectivity index (χ1v) is 7.16. The summed E-state index contributed by atoms with van der Waals surface area (Å²) in [5.41, 5.74) is 8.01. The number of fused-ring (bicyclic) bond motifs is 1. The van der Waals surface area contributed by atoms with Crippen molar-refractivity contribution in [2.75, 3.05) is 13.1 Å². The van der Waals surface area contributed by atoms with Crippen molar-refractivity contribution in [2.45, 2.75) is 25.2 Å². The molecule has 1 aliphatic carbocycles. The normalized spacial score (nSPS) is 24.1. The lowest BCUT2D eigenvalue weighted by Gasteiger charge is -2.28. The number of nitrogens with zero attached hydrogens (tertiary/aromatic N) is 1. The molecule has 20 heavy (non-hydrogen) atoms. The highest BCUT2D eigenvalue weighted by atomic mass is 16.1. The highest BCUT2D eigenvalue weighted by Crippen LogP contribution is 2.53. The van der Waals surface area contributed by atoms with Crippen molar-refractivity contribution >= 4 is 16.9 Å². The van der Waals surface area contributed by atoms with Gasteiger partial charge in [-0.15, -0.1) is 0 Å². The molecule has 5 nitrogen and oxygen atoms in total. The molecule has 1 unspecified atom stereocenters. The standard InChI is InChI=1S/C15H18N4O/c16-13(20)10-2-1-3-11-12(10)19-14(18-11)9-6-15(4-5-15)8-17-7-9/h1-3,9,17H,4-8H2,(H2,16,20)(H,18,19). The van der Waals surface area contributed by atoms with Crippen LogP contribution in [0, 0.1) is 5.41 Å². The van der Waals surface area contributed by atoms with Crippen LogP contribution in [0.1, 0.15) is 41.4 Å². The van der Waals surface area contributed by atoms with Crippen molar-refractivity contribution in [2.24, 2.45) is 11.1 Å². The summed E-state index contributed by atoms with van der Waals surface area (Å²) < 4.78 is 0. The second kappa shape index (κ2) is 4.06. The third-order valence-electron chi connectivity index (χ3n) is 4.71. The first kappa shape index (κ1) is 11.9. The number of amides is 1.